The van der Waals surface area contributed by atoms with Gasteiger partial charge in [0.2, 0.25) is 23.6 Å². The normalized spacial score (nSPS) is 15.9. The van der Waals surface area contributed by atoms with E-state index in [0.29, 0.717) is 0 Å². The van der Waals surface area contributed by atoms with Crippen LogP contribution in [0.4, 0.5) is 0 Å². The number of carbonyl (C=O) groups is 5. The zero-order valence-corrected chi connectivity index (χ0v) is 15.7. The molecule has 0 fully saturated rings. The molecule has 0 aromatic heterocycles. The van der Waals surface area contributed by atoms with Gasteiger partial charge in [-0.3, -0.25) is 19.2 Å². The van der Waals surface area contributed by atoms with E-state index < -0.39 is 73.1 Å². The molecular weight excluding hydrogens is 394 g/mol. The number of rotatable bonds is 13. The molecule has 0 rings (SSSR count). The Morgan fingerprint density at radius 2 is 1.34 bits per heavy atom. The molecule has 0 saturated heterocycles. The molecule has 0 aliphatic rings. The SMILES string of the molecule is CC(O)C(NC(=O)C(CO)NC(=O)C(CO)NC(=O)C(N)CCC(N)=O)C(=O)O. The summed E-state index contributed by atoms with van der Waals surface area (Å²) in [6.07, 6.45) is -1.73. The molecule has 0 aromatic carbocycles. The van der Waals surface area contributed by atoms with E-state index in [0.717, 1.165) is 6.92 Å². The van der Waals surface area contributed by atoms with Crippen molar-refractivity contribution in [1.82, 2.24) is 16.0 Å². The first-order chi connectivity index (χ1) is 13.4. The summed E-state index contributed by atoms with van der Waals surface area (Å²) in [6.45, 7) is -0.705. The van der Waals surface area contributed by atoms with Crippen LogP contribution in [0.3, 0.4) is 0 Å². The molecule has 0 heterocycles. The Kier molecular flexibility index (Phi) is 11.4. The second-order valence-electron chi connectivity index (χ2n) is 6.16. The molecule has 11 N–H and O–H groups in total. The minimum atomic E-state index is -1.69. The maximum Gasteiger partial charge on any atom is 0.328 e. The molecular formula is C15H27N5O9. The summed E-state index contributed by atoms with van der Waals surface area (Å²) in [4.78, 5) is 57.8. The average Bonchev–Trinajstić information content (AvgIpc) is 2.64. The van der Waals surface area contributed by atoms with Crippen molar-refractivity contribution in [3.05, 3.63) is 0 Å². The van der Waals surface area contributed by atoms with Gasteiger partial charge < -0.3 is 47.8 Å². The van der Waals surface area contributed by atoms with Crippen molar-refractivity contribution in [3.8, 4) is 0 Å². The van der Waals surface area contributed by atoms with Crippen molar-refractivity contribution in [2.24, 2.45) is 11.5 Å². The van der Waals surface area contributed by atoms with Crippen LogP contribution in [-0.4, -0.2) is 93.5 Å². The predicted molar refractivity (Wildman–Crippen MR) is 95.7 cm³/mol. The van der Waals surface area contributed by atoms with E-state index in [4.69, 9.17) is 16.6 Å². The lowest BCUT2D eigenvalue weighted by atomic mass is 10.1. The first kappa shape index (κ1) is 26.2. The van der Waals surface area contributed by atoms with E-state index in [-0.39, 0.29) is 12.8 Å². The molecule has 5 unspecified atom stereocenters. The molecule has 14 heteroatoms. The van der Waals surface area contributed by atoms with E-state index in [9.17, 15) is 39.3 Å². The summed E-state index contributed by atoms with van der Waals surface area (Å²) in [6, 6.07) is -6.05. The van der Waals surface area contributed by atoms with E-state index in [1.165, 1.54) is 0 Å². The van der Waals surface area contributed by atoms with Gasteiger partial charge in [-0.15, -0.1) is 0 Å². The van der Waals surface area contributed by atoms with Crippen LogP contribution in [0, 0.1) is 0 Å². The average molecular weight is 421 g/mol. The van der Waals surface area contributed by atoms with Crippen LogP contribution in [0.25, 0.3) is 0 Å². The Balaban J connectivity index is 4.95. The molecule has 5 atom stereocenters. The van der Waals surface area contributed by atoms with Gasteiger partial charge in [0.05, 0.1) is 25.4 Å². The fourth-order valence-electron chi connectivity index (χ4n) is 2.01. The Labute approximate surface area is 165 Å². The smallest absolute Gasteiger partial charge is 0.328 e. The molecule has 0 bridgehead atoms. The number of primary amides is 1. The first-order valence-corrected chi connectivity index (χ1v) is 8.52. The van der Waals surface area contributed by atoms with Crippen LogP contribution in [-0.2, 0) is 24.0 Å². The lowest BCUT2D eigenvalue weighted by Gasteiger charge is -2.24. The molecule has 0 aliphatic heterocycles. The third-order valence-electron chi connectivity index (χ3n) is 3.72. The Bertz CT molecular complexity index is 613. The molecule has 0 aromatic rings. The van der Waals surface area contributed by atoms with Crippen LogP contribution in [0.2, 0.25) is 0 Å². The number of aliphatic hydroxyl groups excluding tert-OH is 3. The zero-order chi connectivity index (χ0) is 22.7. The minimum Gasteiger partial charge on any atom is -0.480 e. The zero-order valence-electron chi connectivity index (χ0n) is 15.7. The molecule has 4 amide bonds. The Morgan fingerprint density at radius 3 is 1.72 bits per heavy atom. The largest absolute Gasteiger partial charge is 0.480 e. The fraction of sp³-hybridized carbons (Fsp3) is 0.667. The van der Waals surface area contributed by atoms with Crippen LogP contribution in [0.15, 0.2) is 0 Å². The summed E-state index contributed by atoms with van der Waals surface area (Å²) >= 11 is 0. The number of carboxylic acid groups (broad SMARTS) is 1. The standard InChI is InChI=1S/C15H27N5O9/c1-6(23)11(15(28)29)20-14(27)9(5-22)19-13(26)8(4-21)18-12(25)7(16)2-3-10(17)24/h6-9,11,21-23H,2-5,16H2,1H3,(H2,17,24)(H,18,25)(H,19,26)(H,20,27)(H,28,29). The van der Waals surface area contributed by atoms with Crippen molar-refractivity contribution in [2.75, 3.05) is 13.2 Å². The van der Waals surface area contributed by atoms with Gasteiger partial charge in [-0.25, -0.2) is 4.79 Å². The van der Waals surface area contributed by atoms with Crippen molar-refractivity contribution < 1.29 is 44.4 Å². The van der Waals surface area contributed by atoms with Gasteiger partial charge in [0.25, 0.3) is 0 Å². The third-order valence-corrected chi connectivity index (χ3v) is 3.72. The maximum absolute atomic E-state index is 12.2. The summed E-state index contributed by atoms with van der Waals surface area (Å²) in [7, 11) is 0. The van der Waals surface area contributed by atoms with Gasteiger partial charge in [0.15, 0.2) is 6.04 Å². The number of aliphatic carboxylic acids is 1. The van der Waals surface area contributed by atoms with Gasteiger partial charge in [-0.1, -0.05) is 0 Å². The molecule has 0 spiro atoms. The van der Waals surface area contributed by atoms with Gasteiger partial charge >= 0.3 is 5.97 Å². The summed E-state index contributed by atoms with van der Waals surface area (Å²) in [5.74, 6) is -5.28. The lowest BCUT2D eigenvalue weighted by molar-refractivity contribution is -0.145. The topological polar surface area (TPSA) is 254 Å². The second-order valence-corrected chi connectivity index (χ2v) is 6.16. The number of hydrogen-bond donors (Lipinski definition) is 9. The van der Waals surface area contributed by atoms with Crippen molar-refractivity contribution >= 4 is 29.6 Å². The minimum absolute atomic E-state index is 0.0987. The first-order valence-electron chi connectivity index (χ1n) is 8.52. The highest BCUT2D eigenvalue weighted by atomic mass is 16.4. The van der Waals surface area contributed by atoms with Crippen molar-refractivity contribution in [1.29, 1.82) is 0 Å². The number of nitrogens with two attached hydrogens (primary N) is 2. The maximum atomic E-state index is 12.2. The lowest BCUT2D eigenvalue weighted by Crippen LogP contribution is -2.59. The summed E-state index contributed by atoms with van der Waals surface area (Å²) in [5, 5.41) is 43.0. The van der Waals surface area contributed by atoms with Gasteiger partial charge in [0, 0.05) is 6.42 Å². The molecule has 0 saturated carbocycles. The highest BCUT2D eigenvalue weighted by Crippen LogP contribution is 1.98. The van der Waals surface area contributed by atoms with Crippen LogP contribution in [0.5, 0.6) is 0 Å². The highest BCUT2D eigenvalue weighted by molar-refractivity contribution is 5.94. The number of hydrogen-bond acceptors (Lipinski definition) is 9. The van der Waals surface area contributed by atoms with Gasteiger partial charge in [0.1, 0.15) is 12.1 Å². The van der Waals surface area contributed by atoms with Gasteiger partial charge in [-0.05, 0) is 13.3 Å². The van der Waals surface area contributed by atoms with Crippen LogP contribution < -0.4 is 27.4 Å². The van der Waals surface area contributed by atoms with Crippen LogP contribution >= 0.6 is 0 Å². The predicted octanol–water partition coefficient (Wildman–Crippen LogP) is -5.52. The highest BCUT2D eigenvalue weighted by Gasteiger charge is 2.31. The van der Waals surface area contributed by atoms with E-state index >= 15 is 0 Å². The van der Waals surface area contributed by atoms with E-state index in [1.54, 1.807) is 0 Å². The fourth-order valence-corrected chi connectivity index (χ4v) is 2.01. The van der Waals surface area contributed by atoms with Crippen molar-refractivity contribution in [2.45, 2.75) is 50.0 Å². The number of aliphatic hydroxyl groups is 3. The van der Waals surface area contributed by atoms with Gasteiger partial charge in [-0.2, -0.15) is 0 Å². The Hall–Kier alpha value is -2.81. The quantitative estimate of drug-likeness (QED) is 0.136. The molecule has 14 nitrogen and oxygen atoms in total. The number of nitrogens with one attached hydrogen (secondary N) is 3. The molecule has 0 aliphatic carbocycles. The van der Waals surface area contributed by atoms with E-state index in [2.05, 4.69) is 5.32 Å². The second kappa shape index (κ2) is 12.6. The Morgan fingerprint density at radius 1 is 0.897 bits per heavy atom. The number of amides is 4. The molecule has 0 radical (unpaired) electrons. The number of carboxylic acids is 1. The molecule has 166 valence electrons. The summed E-state index contributed by atoms with van der Waals surface area (Å²) < 4.78 is 0. The van der Waals surface area contributed by atoms with Crippen molar-refractivity contribution in [3.63, 3.8) is 0 Å². The summed E-state index contributed by atoms with van der Waals surface area (Å²) in [5.41, 5.74) is 10.5. The monoisotopic (exact) mass is 421 g/mol. The molecule has 29 heavy (non-hydrogen) atoms. The van der Waals surface area contributed by atoms with E-state index in [1.807, 2.05) is 10.6 Å². The third kappa shape index (κ3) is 9.29. The number of carbonyl (C=O) groups excluding carboxylic acids is 4. The van der Waals surface area contributed by atoms with Crippen LogP contribution in [0.1, 0.15) is 19.8 Å².